The van der Waals surface area contributed by atoms with Crippen LogP contribution in [0.1, 0.15) is 80.6 Å². The van der Waals surface area contributed by atoms with Crippen LogP contribution in [0.3, 0.4) is 0 Å². The van der Waals surface area contributed by atoms with Gasteiger partial charge in [0.05, 0.1) is 4.90 Å². The quantitative estimate of drug-likeness (QED) is 0.669. The number of carbonyl (C=O) groups excluding carboxylic acids is 2. The highest BCUT2D eigenvalue weighted by Gasteiger charge is 2.31. The smallest absolute Gasteiger partial charge is 0.251 e. The second-order valence-electron chi connectivity index (χ2n) is 8.85. The van der Waals surface area contributed by atoms with Gasteiger partial charge in [-0.15, -0.1) is 0 Å². The largest absolute Gasteiger partial charge is 0.353 e. The number of hydrogen-bond acceptors (Lipinski definition) is 4. The van der Waals surface area contributed by atoms with Gasteiger partial charge in [-0.2, -0.15) is 4.31 Å². The second kappa shape index (κ2) is 10.6. The van der Waals surface area contributed by atoms with E-state index in [1.165, 1.54) is 12.5 Å². The van der Waals surface area contributed by atoms with Crippen LogP contribution < -0.4 is 10.6 Å². The molecule has 8 heteroatoms. The number of sulfonamides is 1. The van der Waals surface area contributed by atoms with Gasteiger partial charge >= 0.3 is 0 Å². The first-order chi connectivity index (χ1) is 14.8. The number of piperidine rings is 1. The monoisotopic (exact) mass is 449 g/mol. The SMILES string of the molecule is Cc1ccc(S(=O)(=O)N2CCCCC2C)cc1C(=O)NCCC(=O)NC1CCCCC1. The zero-order valence-electron chi connectivity index (χ0n) is 18.7. The molecular formula is C23H35N3O4S. The molecule has 0 bridgehead atoms. The second-order valence-corrected chi connectivity index (χ2v) is 10.7. The highest BCUT2D eigenvalue weighted by molar-refractivity contribution is 7.89. The Hall–Kier alpha value is -1.93. The van der Waals surface area contributed by atoms with Crippen LogP contribution in [-0.2, 0) is 14.8 Å². The molecule has 0 aromatic heterocycles. The Morgan fingerprint density at radius 3 is 2.48 bits per heavy atom. The van der Waals surface area contributed by atoms with Crippen LogP contribution in [0.25, 0.3) is 0 Å². The average molecular weight is 450 g/mol. The number of nitrogens with zero attached hydrogens (tertiary/aromatic N) is 1. The fourth-order valence-electron chi connectivity index (χ4n) is 4.50. The lowest BCUT2D eigenvalue weighted by Gasteiger charge is -2.32. The average Bonchev–Trinajstić information content (AvgIpc) is 2.74. The van der Waals surface area contributed by atoms with Crippen LogP contribution in [-0.4, -0.2) is 49.7 Å². The van der Waals surface area contributed by atoms with Crippen molar-refractivity contribution in [2.75, 3.05) is 13.1 Å². The molecule has 1 saturated carbocycles. The summed E-state index contributed by atoms with van der Waals surface area (Å²) < 4.78 is 27.8. The summed E-state index contributed by atoms with van der Waals surface area (Å²) in [6.45, 7) is 4.44. The van der Waals surface area contributed by atoms with E-state index >= 15 is 0 Å². The number of carbonyl (C=O) groups is 2. The third-order valence-corrected chi connectivity index (χ3v) is 8.42. The van der Waals surface area contributed by atoms with Crippen LogP contribution >= 0.6 is 0 Å². The molecule has 2 fully saturated rings. The highest BCUT2D eigenvalue weighted by atomic mass is 32.2. The predicted octanol–water partition coefficient (Wildman–Crippen LogP) is 3.13. The Kier molecular flexibility index (Phi) is 8.11. The molecule has 7 nitrogen and oxygen atoms in total. The van der Waals surface area contributed by atoms with Gasteiger partial charge in [0.1, 0.15) is 0 Å². The normalized spacial score (nSPS) is 20.9. The van der Waals surface area contributed by atoms with E-state index in [9.17, 15) is 18.0 Å². The van der Waals surface area contributed by atoms with Gasteiger partial charge in [0.25, 0.3) is 5.91 Å². The Balaban J connectivity index is 1.60. The summed E-state index contributed by atoms with van der Waals surface area (Å²) in [6.07, 6.45) is 8.52. The molecule has 172 valence electrons. The van der Waals surface area contributed by atoms with E-state index in [0.717, 1.165) is 44.9 Å². The van der Waals surface area contributed by atoms with Gasteiger partial charge in [0.15, 0.2) is 0 Å². The van der Waals surface area contributed by atoms with Crippen molar-refractivity contribution in [1.29, 1.82) is 0 Å². The zero-order chi connectivity index (χ0) is 22.4. The minimum atomic E-state index is -3.65. The lowest BCUT2D eigenvalue weighted by Crippen LogP contribution is -2.42. The van der Waals surface area contributed by atoms with Gasteiger partial charge in [-0.05, 0) is 57.2 Å². The van der Waals surface area contributed by atoms with Crippen molar-refractivity contribution in [3.63, 3.8) is 0 Å². The van der Waals surface area contributed by atoms with Gasteiger partial charge in [0.2, 0.25) is 15.9 Å². The van der Waals surface area contributed by atoms with E-state index in [0.29, 0.717) is 17.7 Å². The van der Waals surface area contributed by atoms with Gasteiger partial charge in [-0.3, -0.25) is 9.59 Å². The molecule has 2 N–H and O–H groups in total. The third kappa shape index (κ3) is 6.07. The summed E-state index contributed by atoms with van der Waals surface area (Å²) in [7, 11) is -3.65. The number of rotatable bonds is 7. The molecule has 1 unspecified atom stereocenters. The van der Waals surface area contributed by atoms with E-state index in [-0.39, 0.29) is 41.8 Å². The lowest BCUT2D eigenvalue weighted by molar-refractivity contribution is -0.121. The summed E-state index contributed by atoms with van der Waals surface area (Å²) in [6, 6.07) is 4.91. The summed E-state index contributed by atoms with van der Waals surface area (Å²) in [5.41, 5.74) is 1.04. The molecule has 3 rings (SSSR count). The maximum atomic E-state index is 13.1. The van der Waals surface area contributed by atoms with Crippen LogP contribution in [0.5, 0.6) is 0 Å². The van der Waals surface area contributed by atoms with Crippen molar-refractivity contribution >= 4 is 21.8 Å². The number of hydrogen-bond donors (Lipinski definition) is 2. The van der Waals surface area contributed by atoms with Crippen LogP contribution in [0, 0.1) is 6.92 Å². The van der Waals surface area contributed by atoms with Gasteiger partial charge in [0, 0.05) is 37.2 Å². The van der Waals surface area contributed by atoms with Crippen LogP contribution in [0.2, 0.25) is 0 Å². The molecule has 1 heterocycles. The minimum absolute atomic E-state index is 0.0417. The summed E-state index contributed by atoms with van der Waals surface area (Å²) in [5.74, 6) is -0.411. The standard InChI is InChI=1S/C23H35N3O4S/c1-17-11-12-20(31(29,30)26-15-7-6-8-18(26)2)16-21(17)23(28)24-14-13-22(27)25-19-9-4-3-5-10-19/h11-12,16,18-19H,3-10,13-15H2,1-2H3,(H,24,28)(H,25,27). The molecule has 1 aromatic rings. The molecule has 31 heavy (non-hydrogen) atoms. The Morgan fingerprint density at radius 2 is 1.77 bits per heavy atom. The first-order valence-corrected chi connectivity index (χ1v) is 12.9. The fourth-order valence-corrected chi connectivity index (χ4v) is 6.23. The van der Waals surface area contributed by atoms with E-state index in [1.54, 1.807) is 23.4 Å². The van der Waals surface area contributed by atoms with Gasteiger partial charge < -0.3 is 10.6 Å². The maximum absolute atomic E-state index is 13.1. The number of benzene rings is 1. The minimum Gasteiger partial charge on any atom is -0.353 e. The molecule has 1 aromatic carbocycles. The first kappa shape index (κ1) is 23.7. The first-order valence-electron chi connectivity index (χ1n) is 11.5. The Labute approximate surface area is 186 Å². The van der Waals surface area contributed by atoms with E-state index in [2.05, 4.69) is 10.6 Å². The summed E-state index contributed by atoms with van der Waals surface area (Å²) in [5, 5.41) is 5.80. The molecule has 2 aliphatic rings. The highest BCUT2D eigenvalue weighted by Crippen LogP contribution is 2.26. The molecule has 0 radical (unpaired) electrons. The summed E-state index contributed by atoms with van der Waals surface area (Å²) >= 11 is 0. The molecule has 1 saturated heterocycles. The van der Waals surface area contributed by atoms with Crippen molar-refractivity contribution in [1.82, 2.24) is 14.9 Å². The van der Waals surface area contributed by atoms with Crippen LogP contribution in [0.15, 0.2) is 23.1 Å². The van der Waals surface area contributed by atoms with Gasteiger partial charge in [-0.1, -0.05) is 31.7 Å². The van der Waals surface area contributed by atoms with Crippen LogP contribution in [0.4, 0.5) is 0 Å². The zero-order valence-corrected chi connectivity index (χ0v) is 19.5. The van der Waals surface area contributed by atoms with Crippen molar-refractivity contribution in [2.45, 2.75) is 88.6 Å². The van der Waals surface area contributed by atoms with Gasteiger partial charge in [-0.25, -0.2) is 8.42 Å². The molecule has 2 amide bonds. The van der Waals surface area contributed by atoms with Crippen molar-refractivity contribution in [2.24, 2.45) is 0 Å². The summed E-state index contributed by atoms with van der Waals surface area (Å²) in [4.78, 5) is 25.0. The van der Waals surface area contributed by atoms with E-state index in [1.807, 2.05) is 6.92 Å². The lowest BCUT2D eigenvalue weighted by atomic mass is 9.95. The fraction of sp³-hybridized carbons (Fsp3) is 0.652. The topological polar surface area (TPSA) is 95.6 Å². The third-order valence-electron chi connectivity index (χ3n) is 6.41. The molecular weight excluding hydrogens is 414 g/mol. The van der Waals surface area contributed by atoms with Crippen molar-refractivity contribution < 1.29 is 18.0 Å². The molecule has 1 aliphatic heterocycles. The van der Waals surface area contributed by atoms with Crippen molar-refractivity contribution in [3.8, 4) is 0 Å². The number of amides is 2. The number of aryl methyl sites for hydroxylation is 1. The Morgan fingerprint density at radius 1 is 1.06 bits per heavy atom. The molecule has 1 aliphatic carbocycles. The van der Waals surface area contributed by atoms with Crippen molar-refractivity contribution in [3.05, 3.63) is 29.3 Å². The van der Waals surface area contributed by atoms with E-state index < -0.39 is 10.0 Å². The molecule has 0 spiro atoms. The Bertz CT molecular complexity index is 894. The van der Waals surface area contributed by atoms with E-state index in [4.69, 9.17) is 0 Å². The predicted molar refractivity (Wildman–Crippen MR) is 120 cm³/mol. The molecule has 1 atom stereocenters. The number of nitrogens with one attached hydrogen (secondary N) is 2. The maximum Gasteiger partial charge on any atom is 0.251 e.